The molecule has 0 aliphatic heterocycles. The van der Waals surface area contributed by atoms with E-state index in [0.717, 1.165) is 16.8 Å². The molecule has 0 bridgehead atoms. The Hall–Kier alpha value is -1.69. The number of fused-ring (bicyclic) bond motifs is 1. The Morgan fingerprint density at radius 1 is 1.45 bits per heavy atom. The summed E-state index contributed by atoms with van der Waals surface area (Å²) in [6, 6.07) is 5.64. The van der Waals surface area contributed by atoms with E-state index in [4.69, 9.17) is 9.47 Å². The van der Waals surface area contributed by atoms with Crippen molar-refractivity contribution in [2.24, 2.45) is 0 Å². The summed E-state index contributed by atoms with van der Waals surface area (Å²) in [5.74, 6) is 0.577. The fourth-order valence-electron chi connectivity index (χ4n) is 1.82. The number of rotatable bonds is 6. The molecule has 1 atom stereocenters. The van der Waals surface area contributed by atoms with Crippen molar-refractivity contribution in [3.63, 3.8) is 0 Å². The number of H-pyrrole nitrogens is 1. The lowest BCUT2D eigenvalue weighted by atomic mass is 10.3. The number of hydrogen-bond acceptors (Lipinski definition) is 5. The number of benzene rings is 1. The van der Waals surface area contributed by atoms with Crippen LogP contribution in [0.1, 0.15) is 20.3 Å². The largest absolute Gasteiger partial charge is 0.497 e. The zero-order valence-corrected chi connectivity index (χ0v) is 12.6. The normalized spacial score (nSPS) is 12.3. The molecule has 0 fully saturated rings. The minimum Gasteiger partial charge on any atom is -0.497 e. The van der Waals surface area contributed by atoms with Gasteiger partial charge < -0.3 is 14.5 Å². The minimum absolute atomic E-state index is 0.196. The number of aromatic amines is 1. The summed E-state index contributed by atoms with van der Waals surface area (Å²) < 4.78 is 10.2. The van der Waals surface area contributed by atoms with Crippen molar-refractivity contribution < 1.29 is 14.3 Å². The van der Waals surface area contributed by atoms with Crippen LogP contribution in [0.25, 0.3) is 11.0 Å². The van der Waals surface area contributed by atoms with Gasteiger partial charge in [0.05, 0.1) is 24.8 Å². The molecule has 2 aromatic rings. The Balaban J connectivity index is 2.18. The third-order valence-electron chi connectivity index (χ3n) is 2.84. The van der Waals surface area contributed by atoms with Gasteiger partial charge in [-0.2, -0.15) is 0 Å². The van der Waals surface area contributed by atoms with E-state index in [2.05, 4.69) is 9.97 Å². The van der Waals surface area contributed by atoms with Gasteiger partial charge in [-0.15, -0.1) is 0 Å². The van der Waals surface area contributed by atoms with Crippen molar-refractivity contribution in [2.45, 2.75) is 30.7 Å². The molecule has 0 saturated carbocycles. The SMILES string of the molecule is CCOC(=O)C(CC)Sc1nc2ccc(OC)cc2[nH]1. The number of ether oxygens (including phenoxy) is 2. The van der Waals surface area contributed by atoms with Crippen LogP contribution in [-0.4, -0.2) is 34.9 Å². The first-order valence-corrected chi connectivity index (χ1v) is 7.43. The van der Waals surface area contributed by atoms with Crippen LogP contribution in [-0.2, 0) is 9.53 Å². The number of nitrogens with one attached hydrogen (secondary N) is 1. The number of carbonyl (C=O) groups excluding carboxylic acids is 1. The summed E-state index contributed by atoms with van der Waals surface area (Å²) in [6.45, 7) is 4.16. The van der Waals surface area contributed by atoms with Gasteiger partial charge in [-0.25, -0.2) is 4.98 Å². The van der Waals surface area contributed by atoms with Gasteiger partial charge >= 0.3 is 5.97 Å². The molecule has 1 aromatic carbocycles. The van der Waals surface area contributed by atoms with Crippen LogP contribution in [0.3, 0.4) is 0 Å². The fraction of sp³-hybridized carbons (Fsp3) is 0.429. The summed E-state index contributed by atoms with van der Waals surface area (Å²) in [5, 5.41) is 0.477. The average Bonchev–Trinajstić information content (AvgIpc) is 2.86. The van der Waals surface area contributed by atoms with E-state index in [0.29, 0.717) is 18.2 Å². The van der Waals surface area contributed by atoms with E-state index in [-0.39, 0.29) is 11.2 Å². The second kappa shape index (κ2) is 6.65. The van der Waals surface area contributed by atoms with Gasteiger partial charge in [-0.05, 0) is 25.5 Å². The second-order valence-electron chi connectivity index (χ2n) is 4.19. The molecule has 0 aliphatic rings. The van der Waals surface area contributed by atoms with Gasteiger partial charge in [0.15, 0.2) is 5.16 Å². The highest BCUT2D eigenvalue weighted by molar-refractivity contribution is 8.00. The molecule has 0 saturated heterocycles. The van der Waals surface area contributed by atoms with Gasteiger partial charge in [0.1, 0.15) is 11.0 Å². The monoisotopic (exact) mass is 294 g/mol. The maximum Gasteiger partial charge on any atom is 0.319 e. The molecule has 1 N–H and O–H groups in total. The molecule has 0 spiro atoms. The lowest BCUT2D eigenvalue weighted by Crippen LogP contribution is -2.19. The molecule has 1 heterocycles. The zero-order valence-electron chi connectivity index (χ0n) is 11.8. The first-order valence-electron chi connectivity index (χ1n) is 6.55. The number of hydrogen-bond donors (Lipinski definition) is 1. The summed E-state index contributed by atoms with van der Waals surface area (Å²) in [5.41, 5.74) is 1.75. The zero-order chi connectivity index (χ0) is 14.5. The Bertz CT molecular complexity index is 597. The lowest BCUT2D eigenvalue weighted by molar-refractivity contribution is -0.142. The number of esters is 1. The molecule has 1 aromatic heterocycles. The molecular formula is C14H18N2O3S. The lowest BCUT2D eigenvalue weighted by Gasteiger charge is -2.10. The van der Waals surface area contributed by atoms with Gasteiger partial charge in [-0.3, -0.25) is 4.79 Å². The Labute approximate surface area is 122 Å². The van der Waals surface area contributed by atoms with Crippen molar-refractivity contribution in [2.75, 3.05) is 13.7 Å². The summed E-state index contributed by atoms with van der Waals surface area (Å²) in [4.78, 5) is 19.4. The maximum absolute atomic E-state index is 11.8. The number of methoxy groups -OCH3 is 1. The predicted octanol–water partition coefficient (Wildman–Crippen LogP) is 3.01. The van der Waals surface area contributed by atoms with Gasteiger partial charge in [0.25, 0.3) is 0 Å². The molecule has 5 nitrogen and oxygen atoms in total. The van der Waals surface area contributed by atoms with E-state index in [1.807, 2.05) is 32.0 Å². The standard InChI is InChI=1S/C14H18N2O3S/c1-4-12(13(17)19-5-2)20-14-15-10-7-6-9(18-3)8-11(10)16-14/h6-8,12H,4-5H2,1-3H3,(H,15,16). The number of aromatic nitrogens is 2. The Morgan fingerprint density at radius 2 is 2.25 bits per heavy atom. The van der Waals surface area contributed by atoms with E-state index in [1.165, 1.54) is 11.8 Å². The smallest absolute Gasteiger partial charge is 0.319 e. The molecule has 2 rings (SSSR count). The molecule has 0 aliphatic carbocycles. The van der Waals surface area contributed by atoms with E-state index in [1.54, 1.807) is 7.11 Å². The van der Waals surface area contributed by atoms with Crippen molar-refractivity contribution in [3.05, 3.63) is 18.2 Å². The number of carbonyl (C=O) groups is 1. The summed E-state index contributed by atoms with van der Waals surface area (Å²) >= 11 is 1.39. The summed E-state index contributed by atoms with van der Waals surface area (Å²) in [6.07, 6.45) is 0.698. The maximum atomic E-state index is 11.8. The van der Waals surface area contributed by atoms with Crippen molar-refractivity contribution in [3.8, 4) is 5.75 Å². The van der Waals surface area contributed by atoms with Crippen LogP contribution in [0, 0.1) is 0 Å². The van der Waals surface area contributed by atoms with E-state index in [9.17, 15) is 4.79 Å². The molecular weight excluding hydrogens is 276 g/mol. The highest BCUT2D eigenvalue weighted by Gasteiger charge is 2.20. The van der Waals surface area contributed by atoms with Crippen molar-refractivity contribution in [1.29, 1.82) is 0 Å². The van der Waals surface area contributed by atoms with Gasteiger partial charge in [0.2, 0.25) is 0 Å². The second-order valence-corrected chi connectivity index (χ2v) is 5.38. The Kier molecular flexibility index (Phi) is 4.89. The quantitative estimate of drug-likeness (QED) is 0.655. The molecule has 108 valence electrons. The topological polar surface area (TPSA) is 64.2 Å². The highest BCUT2D eigenvalue weighted by atomic mass is 32.2. The fourth-order valence-corrected chi connectivity index (χ4v) is 2.74. The first-order chi connectivity index (χ1) is 9.67. The van der Waals surface area contributed by atoms with Crippen LogP contribution >= 0.6 is 11.8 Å². The third kappa shape index (κ3) is 3.25. The molecule has 20 heavy (non-hydrogen) atoms. The minimum atomic E-state index is -0.239. The number of thioether (sulfide) groups is 1. The number of nitrogens with zero attached hydrogens (tertiary/aromatic N) is 1. The van der Waals surface area contributed by atoms with Gasteiger partial charge in [0, 0.05) is 6.07 Å². The van der Waals surface area contributed by atoms with Crippen LogP contribution in [0.5, 0.6) is 5.75 Å². The molecule has 1 unspecified atom stereocenters. The highest BCUT2D eigenvalue weighted by Crippen LogP contribution is 2.27. The van der Waals surface area contributed by atoms with Crippen LogP contribution in [0.15, 0.2) is 23.4 Å². The average molecular weight is 294 g/mol. The molecule has 6 heteroatoms. The third-order valence-corrected chi connectivity index (χ3v) is 4.07. The molecule has 0 radical (unpaired) electrons. The van der Waals surface area contributed by atoms with Crippen molar-refractivity contribution >= 4 is 28.8 Å². The Morgan fingerprint density at radius 3 is 2.90 bits per heavy atom. The van der Waals surface area contributed by atoms with E-state index < -0.39 is 0 Å². The first kappa shape index (κ1) is 14.7. The van der Waals surface area contributed by atoms with Gasteiger partial charge in [-0.1, -0.05) is 18.7 Å². The predicted molar refractivity (Wildman–Crippen MR) is 79.2 cm³/mol. The number of imidazole rings is 1. The van der Waals surface area contributed by atoms with Crippen LogP contribution in [0.4, 0.5) is 0 Å². The van der Waals surface area contributed by atoms with Crippen LogP contribution < -0.4 is 4.74 Å². The van der Waals surface area contributed by atoms with Crippen molar-refractivity contribution in [1.82, 2.24) is 9.97 Å². The summed E-state index contributed by atoms with van der Waals surface area (Å²) in [7, 11) is 1.63. The van der Waals surface area contributed by atoms with Crippen LogP contribution in [0.2, 0.25) is 0 Å². The van der Waals surface area contributed by atoms with E-state index >= 15 is 0 Å². The molecule has 0 amide bonds.